The Morgan fingerprint density at radius 2 is 2.25 bits per heavy atom. The van der Waals surface area contributed by atoms with E-state index in [-0.39, 0.29) is 17.9 Å². The van der Waals surface area contributed by atoms with E-state index in [1.54, 1.807) is 23.3 Å². The van der Waals surface area contributed by atoms with E-state index < -0.39 is 19.0 Å². The summed E-state index contributed by atoms with van der Waals surface area (Å²) in [5.41, 5.74) is 6.83. The molecule has 0 fully saturated rings. The monoisotopic (exact) mass is 446 g/mol. The van der Waals surface area contributed by atoms with E-state index in [9.17, 15) is 14.6 Å². The quantitative estimate of drug-likeness (QED) is 0.217. The molecule has 1 amide bonds. The predicted molar refractivity (Wildman–Crippen MR) is 119 cm³/mol. The molecule has 0 saturated carbocycles. The maximum absolute atomic E-state index is 12.5. The minimum absolute atomic E-state index is 0.0192. The molecule has 3 rings (SSSR count). The van der Waals surface area contributed by atoms with Crippen LogP contribution in [0, 0.1) is 0 Å². The molecule has 0 bridgehead atoms. The number of hydrogen-bond donors (Lipinski definition) is 4. The fraction of sp³-hybridized carbons (Fsp3) is 0.550. The standard InChI is InChI=1S/C20H31BN6O5/c1-4-5-11-31-20(29)15-8-6-7-14-12-16(21(30)32-19(14)15)22-18(28)13-17-23-25-27(24-17)10-9-26(2)3/h6-8,16,25,30H,4-5,9-13H2,1-3H3,(H,22,28)(H,23,24)/t16-/m0/s1. The first-order chi connectivity index (χ1) is 15.4. The zero-order valence-electron chi connectivity index (χ0n) is 18.8. The Kier molecular flexibility index (Phi) is 8.31. The molecule has 2 aliphatic heterocycles. The van der Waals surface area contributed by atoms with Crippen molar-refractivity contribution in [2.24, 2.45) is 5.10 Å². The SMILES string of the molecule is CCCCOC(=O)c1cccc2c1OB(O)[C@@H](NC(=O)CC1=NNN(CCN(C)C)N1)C2. The van der Waals surface area contributed by atoms with Crippen molar-refractivity contribution in [2.45, 2.75) is 38.5 Å². The number of likely N-dealkylation sites (N-methyl/N-ethyl adjacent to an activating group) is 1. The van der Waals surface area contributed by atoms with Gasteiger partial charge in [-0.05, 0) is 38.6 Å². The van der Waals surface area contributed by atoms with Crippen molar-refractivity contribution in [1.29, 1.82) is 0 Å². The molecule has 4 N–H and O–H groups in total. The first-order valence-corrected chi connectivity index (χ1v) is 10.8. The summed E-state index contributed by atoms with van der Waals surface area (Å²) in [7, 11) is 2.66. The number of hydrazine groups is 2. The number of hydrazone groups is 1. The average molecular weight is 446 g/mol. The second-order valence-electron chi connectivity index (χ2n) is 8.07. The number of carbonyl (C=O) groups excluding carboxylic acids is 2. The summed E-state index contributed by atoms with van der Waals surface area (Å²) < 4.78 is 10.9. The smallest absolute Gasteiger partial charge is 0.534 e. The molecule has 0 radical (unpaired) electrons. The molecule has 1 atom stereocenters. The number of rotatable bonds is 10. The van der Waals surface area contributed by atoms with Gasteiger partial charge in [0.05, 0.1) is 25.5 Å². The summed E-state index contributed by atoms with van der Waals surface area (Å²) in [4.78, 5) is 26.9. The van der Waals surface area contributed by atoms with Crippen LogP contribution in [0.1, 0.15) is 42.1 Å². The minimum atomic E-state index is -1.29. The molecular formula is C20H31BN6O5. The van der Waals surface area contributed by atoms with Crippen molar-refractivity contribution in [3.8, 4) is 5.75 Å². The van der Waals surface area contributed by atoms with Crippen molar-refractivity contribution in [1.82, 2.24) is 26.3 Å². The number of benzene rings is 1. The molecule has 174 valence electrons. The highest BCUT2D eigenvalue weighted by Gasteiger charge is 2.38. The van der Waals surface area contributed by atoms with Crippen LogP contribution >= 0.6 is 0 Å². The zero-order chi connectivity index (χ0) is 23.1. The predicted octanol–water partition coefficient (Wildman–Crippen LogP) is -0.327. The summed E-state index contributed by atoms with van der Waals surface area (Å²) in [6.07, 6.45) is 2.04. The molecule has 11 nitrogen and oxygen atoms in total. The number of nitrogens with one attached hydrogen (secondary N) is 3. The van der Waals surface area contributed by atoms with Gasteiger partial charge < -0.3 is 24.6 Å². The Balaban J connectivity index is 1.54. The van der Waals surface area contributed by atoms with Crippen molar-refractivity contribution in [2.75, 3.05) is 33.8 Å². The van der Waals surface area contributed by atoms with Gasteiger partial charge in [-0.2, -0.15) is 0 Å². The molecule has 0 unspecified atom stereocenters. The summed E-state index contributed by atoms with van der Waals surface area (Å²) in [6.45, 7) is 3.84. The summed E-state index contributed by atoms with van der Waals surface area (Å²) in [5, 5.41) is 19.0. The average Bonchev–Trinajstić information content (AvgIpc) is 3.19. The van der Waals surface area contributed by atoms with E-state index in [1.165, 1.54) is 0 Å². The maximum Gasteiger partial charge on any atom is 0.547 e. The second-order valence-corrected chi connectivity index (χ2v) is 8.07. The van der Waals surface area contributed by atoms with Gasteiger partial charge in [0.25, 0.3) is 0 Å². The number of para-hydroxylation sites is 1. The van der Waals surface area contributed by atoms with Crippen molar-refractivity contribution in [3.63, 3.8) is 0 Å². The van der Waals surface area contributed by atoms with Gasteiger partial charge in [0.2, 0.25) is 5.91 Å². The number of ether oxygens (including phenoxy) is 1. The Bertz CT molecular complexity index is 852. The van der Waals surface area contributed by atoms with Crippen LogP contribution in [0.15, 0.2) is 23.3 Å². The van der Waals surface area contributed by atoms with Crippen LogP contribution in [-0.2, 0) is 16.0 Å². The normalized spacial score (nSPS) is 17.7. The third kappa shape index (κ3) is 6.34. The third-order valence-corrected chi connectivity index (χ3v) is 5.09. The molecule has 1 aromatic carbocycles. The zero-order valence-corrected chi connectivity index (χ0v) is 18.8. The highest BCUT2D eigenvalue weighted by Crippen LogP contribution is 2.30. The van der Waals surface area contributed by atoms with E-state index in [1.807, 2.05) is 25.9 Å². The largest absolute Gasteiger partial charge is 0.547 e. The molecule has 2 heterocycles. The lowest BCUT2D eigenvalue weighted by Crippen LogP contribution is -2.54. The van der Waals surface area contributed by atoms with Crippen LogP contribution in [0.3, 0.4) is 0 Å². The van der Waals surface area contributed by atoms with Gasteiger partial charge in [-0.1, -0.05) is 25.5 Å². The lowest BCUT2D eigenvalue weighted by molar-refractivity contribution is -0.120. The lowest BCUT2D eigenvalue weighted by Gasteiger charge is -2.29. The van der Waals surface area contributed by atoms with Gasteiger partial charge in [-0.15, -0.1) is 10.2 Å². The number of amides is 1. The minimum Gasteiger partial charge on any atom is -0.534 e. The summed E-state index contributed by atoms with van der Waals surface area (Å²) >= 11 is 0. The number of fused-ring (bicyclic) bond motifs is 1. The number of hydrogen-bond acceptors (Lipinski definition) is 10. The highest BCUT2D eigenvalue weighted by atomic mass is 16.5. The van der Waals surface area contributed by atoms with Crippen molar-refractivity contribution >= 4 is 24.8 Å². The third-order valence-electron chi connectivity index (χ3n) is 5.09. The maximum atomic E-state index is 12.5. The molecule has 1 aromatic rings. The molecule has 0 aliphatic carbocycles. The van der Waals surface area contributed by atoms with E-state index in [0.717, 1.165) is 24.9 Å². The first kappa shape index (κ1) is 23.8. The van der Waals surface area contributed by atoms with E-state index in [4.69, 9.17) is 9.39 Å². The van der Waals surface area contributed by atoms with Crippen molar-refractivity contribution < 1.29 is 24.0 Å². The van der Waals surface area contributed by atoms with Gasteiger partial charge in [0.15, 0.2) is 0 Å². The molecule has 32 heavy (non-hydrogen) atoms. The van der Waals surface area contributed by atoms with Crippen LogP contribution in [0.4, 0.5) is 0 Å². The highest BCUT2D eigenvalue weighted by molar-refractivity contribution is 6.47. The lowest BCUT2D eigenvalue weighted by atomic mass is 9.72. The second kappa shape index (κ2) is 11.2. The number of amidine groups is 1. The fourth-order valence-corrected chi connectivity index (χ4v) is 3.32. The van der Waals surface area contributed by atoms with E-state index >= 15 is 0 Å². The Morgan fingerprint density at radius 3 is 3.00 bits per heavy atom. The van der Waals surface area contributed by atoms with Gasteiger partial charge in [-0.25, -0.2) is 10.3 Å². The van der Waals surface area contributed by atoms with Crippen molar-refractivity contribution in [3.05, 3.63) is 29.3 Å². The molecule has 2 aliphatic rings. The molecule has 0 aromatic heterocycles. The molecular weight excluding hydrogens is 415 g/mol. The van der Waals surface area contributed by atoms with Gasteiger partial charge in [-0.3, -0.25) is 10.2 Å². The van der Waals surface area contributed by atoms with Gasteiger partial charge in [0.1, 0.15) is 17.1 Å². The Labute approximate surface area is 188 Å². The summed E-state index contributed by atoms with van der Waals surface area (Å²) in [6, 6.07) is 5.15. The number of unbranched alkanes of at least 4 members (excludes halogenated alkanes) is 1. The number of esters is 1. The molecule has 12 heteroatoms. The van der Waals surface area contributed by atoms with Crippen LogP contribution in [-0.4, -0.2) is 79.6 Å². The number of carbonyl (C=O) groups is 2. The Hall–Kier alpha value is -2.83. The van der Waals surface area contributed by atoms with E-state index in [0.29, 0.717) is 31.2 Å². The number of nitrogens with zero attached hydrogens (tertiary/aromatic N) is 3. The van der Waals surface area contributed by atoms with E-state index in [2.05, 4.69) is 21.4 Å². The summed E-state index contributed by atoms with van der Waals surface area (Å²) in [5.74, 6) is -0.666. The topological polar surface area (TPSA) is 128 Å². The molecule has 0 spiro atoms. The van der Waals surface area contributed by atoms with Crippen LogP contribution in [0.5, 0.6) is 5.75 Å². The van der Waals surface area contributed by atoms with Crippen LogP contribution in [0.25, 0.3) is 0 Å². The first-order valence-electron chi connectivity index (χ1n) is 10.8. The van der Waals surface area contributed by atoms with Crippen LogP contribution < -0.4 is 20.9 Å². The Morgan fingerprint density at radius 1 is 1.44 bits per heavy atom. The molecule has 0 saturated heterocycles. The van der Waals surface area contributed by atoms with Gasteiger partial charge in [0, 0.05) is 6.54 Å². The fourth-order valence-electron chi connectivity index (χ4n) is 3.32. The van der Waals surface area contributed by atoms with Gasteiger partial charge >= 0.3 is 13.1 Å². The van der Waals surface area contributed by atoms with Crippen LogP contribution in [0.2, 0.25) is 0 Å².